The van der Waals surface area contributed by atoms with Gasteiger partial charge in [0.1, 0.15) is 5.82 Å². The van der Waals surface area contributed by atoms with Crippen molar-refractivity contribution >= 4 is 39.6 Å². The molecular weight excluding hydrogens is 361 g/mol. The molecule has 0 atom stereocenters. The smallest absolute Gasteiger partial charge is 0.254 e. The summed E-state index contributed by atoms with van der Waals surface area (Å²) in [5, 5.41) is 7.32. The molecule has 0 bridgehead atoms. The number of benzene rings is 1. The number of thiophene rings is 1. The lowest BCUT2D eigenvalue weighted by atomic mass is 10.2. The number of rotatable bonds is 5. The lowest BCUT2D eigenvalue weighted by Gasteiger charge is -2.05. The number of halogens is 1. The minimum absolute atomic E-state index is 0.0973. The minimum atomic E-state index is -0.637. The normalized spacial score (nSPS) is 10.5. The Morgan fingerprint density at radius 3 is 2.72 bits per heavy atom. The van der Waals surface area contributed by atoms with Crippen LogP contribution >= 0.6 is 22.7 Å². The van der Waals surface area contributed by atoms with Crippen LogP contribution in [-0.2, 0) is 4.79 Å². The predicted molar refractivity (Wildman–Crippen MR) is 97.5 cm³/mol. The van der Waals surface area contributed by atoms with E-state index in [0.29, 0.717) is 5.13 Å². The number of amides is 2. The molecule has 0 unspecified atom stereocenters. The Labute approximate surface area is 151 Å². The monoisotopic (exact) mass is 375 g/mol. The van der Waals surface area contributed by atoms with Crippen LogP contribution in [0.25, 0.3) is 10.6 Å². The molecule has 5 nitrogen and oxygen atoms in total. The summed E-state index contributed by atoms with van der Waals surface area (Å²) in [6.45, 7) is 1.75. The van der Waals surface area contributed by atoms with Crippen molar-refractivity contribution in [3.8, 4) is 10.6 Å². The molecule has 25 heavy (non-hydrogen) atoms. The van der Waals surface area contributed by atoms with Crippen LogP contribution in [0.1, 0.15) is 15.2 Å². The molecule has 8 heteroatoms. The SMILES string of the molecule is Cc1ccc(-c2csc(NC(=O)CNC(=O)c3ccccc3F)n2)s1. The van der Waals surface area contributed by atoms with E-state index in [1.807, 2.05) is 24.4 Å². The van der Waals surface area contributed by atoms with Gasteiger partial charge in [-0.2, -0.15) is 0 Å². The quantitative estimate of drug-likeness (QED) is 0.714. The van der Waals surface area contributed by atoms with Gasteiger partial charge in [-0.1, -0.05) is 12.1 Å². The summed E-state index contributed by atoms with van der Waals surface area (Å²) < 4.78 is 13.5. The van der Waals surface area contributed by atoms with Crippen molar-refractivity contribution in [2.24, 2.45) is 0 Å². The maximum absolute atomic E-state index is 13.5. The van der Waals surface area contributed by atoms with Gasteiger partial charge in [0.25, 0.3) is 5.91 Å². The number of nitrogens with one attached hydrogen (secondary N) is 2. The molecule has 0 radical (unpaired) electrons. The van der Waals surface area contributed by atoms with Crippen LogP contribution in [-0.4, -0.2) is 23.3 Å². The third kappa shape index (κ3) is 4.28. The molecule has 0 saturated carbocycles. The van der Waals surface area contributed by atoms with Crippen LogP contribution in [0.15, 0.2) is 41.8 Å². The molecule has 2 N–H and O–H groups in total. The zero-order valence-electron chi connectivity index (χ0n) is 13.2. The van der Waals surface area contributed by atoms with E-state index >= 15 is 0 Å². The zero-order chi connectivity index (χ0) is 17.8. The van der Waals surface area contributed by atoms with Gasteiger partial charge in [0.2, 0.25) is 5.91 Å². The average Bonchev–Trinajstić information content (AvgIpc) is 3.22. The Morgan fingerprint density at radius 2 is 2.00 bits per heavy atom. The highest BCUT2D eigenvalue weighted by Crippen LogP contribution is 2.30. The summed E-state index contributed by atoms with van der Waals surface area (Å²) in [7, 11) is 0. The van der Waals surface area contributed by atoms with E-state index in [9.17, 15) is 14.0 Å². The molecule has 0 aliphatic carbocycles. The summed E-state index contributed by atoms with van der Waals surface area (Å²) in [6, 6.07) is 9.59. The summed E-state index contributed by atoms with van der Waals surface area (Å²) >= 11 is 2.93. The van der Waals surface area contributed by atoms with E-state index in [0.717, 1.165) is 10.6 Å². The van der Waals surface area contributed by atoms with Gasteiger partial charge in [0.05, 0.1) is 22.7 Å². The third-order valence-electron chi connectivity index (χ3n) is 3.27. The van der Waals surface area contributed by atoms with Crippen LogP contribution in [0.5, 0.6) is 0 Å². The predicted octanol–water partition coefficient (Wildman–Crippen LogP) is 3.69. The van der Waals surface area contributed by atoms with Crippen molar-refractivity contribution in [2.45, 2.75) is 6.92 Å². The van der Waals surface area contributed by atoms with Crippen LogP contribution in [0.2, 0.25) is 0 Å². The molecule has 2 aromatic heterocycles. The Balaban J connectivity index is 1.55. The molecule has 2 amide bonds. The van der Waals surface area contributed by atoms with Gasteiger partial charge < -0.3 is 10.6 Å². The topological polar surface area (TPSA) is 71.1 Å². The van der Waals surface area contributed by atoms with Crippen molar-refractivity contribution in [3.63, 3.8) is 0 Å². The van der Waals surface area contributed by atoms with Gasteiger partial charge in [0, 0.05) is 10.3 Å². The van der Waals surface area contributed by atoms with Crippen molar-refractivity contribution < 1.29 is 14.0 Å². The Bertz CT molecular complexity index is 920. The number of nitrogens with zero attached hydrogens (tertiary/aromatic N) is 1. The minimum Gasteiger partial charge on any atom is -0.343 e. The second-order valence-electron chi connectivity index (χ2n) is 5.16. The fourth-order valence-electron chi connectivity index (χ4n) is 2.08. The number of aromatic nitrogens is 1. The van der Waals surface area contributed by atoms with Crippen LogP contribution < -0.4 is 10.6 Å². The van der Waals surface area contributed by atoms with E-state index in [-0.39, 0.29) is 12.1 Å². The number of anilines is 1. The third-order valence-corrected chi connectivity index (χ3v) is 5.05. The van der Waals surface area contributed by atoms with Gasteiger partial charge in [0.15, 0.2) is 5.13 Å². The van der Waals surface area contributed by atoms with Crippen molar-refractivity contribution in [2.75, 3.05) is 11.9 Å². The van der Waals surface area contributed by atoms with E-state index in [2.05, 4.69) is 15.6 Å². The lowest BCUT2D eigenvalue weighted by molar-refractivity contribution is -0.115. The summed E-state index contributed by atoms with van der Waals surface area (Å²) in [4.78, 5) is 30.4. The van der Waals surface area contributed by atoms with E-state index in [4.69, 9.17) is 0 Å². The highest BCUT2D eigenvalue weighted by molar-refractivity contribution is 7.17. The number of hydrogen-bond donors (Lipinski definition) is 2. The largest absolute Gasteiger partial charge is 0.343 e. The molecule has 3 aromatic rings. The number of hydrogen-bond acceptors (Lipinski definition) is 5. The first-order chi connectivity index (χ1) is 12.0. The zero-order valence-corrected chi connectivity index (χ0v) is 14.8. The van der Waals surface area contributed by atoms with Crippen LogP contribution in [0.3, 0.4) is 0 Å². The Kier molecular flexibility index (Phi) is 5.20. The summed E-state index contributed by atoms with van der Waals surface area (Å²) in [5.74, 6) is -1.69. The average molecular weight is 375 g/mol. The standard InChI is InChI=1S/C17H14FN3O2S2/c1-10-6-7-14(25-10)13-9-24-17(20-13)21-15(22)8-19-16(23)11-4-2-3-5-12(11)18/h2-7,9H,8H2,1H3,(H,19,23)(H,20,21,22). The second-order valence-corrected chi connectivity index (χ2v) is 7.30. The number of carbonyl (C=O) groups excluding carboxylic acids is 2. The highest BCUT2D eigenvalue weighted by atomic mass is 32.1. The summed E-state index contributed by atoms with van der Waals surface area (Å²) in [6.07, 6.45) is 0. The maximum atomic E-state index is 13.5. The molecule has 0 spiro atoms. The molecule has 1 aromatic carbocycles. The fourth-order valence-corrected chi connectivity index (χ4v) is 3.71. The van der Waals surface area contributed by atoms with Gasteiger partial charge >= 0.3 is 0 Å². The number of carbonyl (C=O) groups is 2. The first-order valence-electron chi connectivity index (χ1n) is 7.38. The van der Waals surface area contributed by atoms with Gasteiger partial charge in [-0.15, -0.1) is 22.7 Å². The first kappa shape index (κ1) is 17.2. The maximum Gasteiger partial charge on any atom is 0.254 e. The molecular formula is C17H14FN3O2S2. The highest BCUT2D eigenvalue weighted by Gasteiger charge is 2.13. The van der Waals surface area contributed by atoms with Crippen molar-refractivity contribution in [1.29, 1.82) is 0 Å². The van der Waals surface area contributed by atoms with E-state index in [1.54, 1.807) is 17.4 Å². The van der Waals surface area contributed by atoms with Gasteiger partial charge in [-0.3, -0.25) is 9.59 Å². The van der Waals surface area contributed by atoms with Crippen LogP contribution in [0.4, 0.5) is 9.52 Å². The molecule has 0 aliphatic heterocycles. The Morgan fingerprint density at radius 1 is 1.20 bits per heavy atom. The number of thiazole rings is 1. The molecule has 0 aliphatic rings. The Hall–Kier alpha value is -2.58. The van der Waals surface area contributed by atoms with Crippen molar-refractivity contribution in [1.82, 2.24) is 10.3 Å². The van der Waals surface area contributed by atoms with Crippen LogP contribution in [0, 0.1) is 12.7 Å². The number of aryl methyl sites for hydroxylation is 1. The van der Waals surface area contributed by atoms with Crippen molar-refractivity contribution in [3.05, 3.63) is 58.0 Å². The fraction of sp³-hybridized carbons (Fsp3) is 0.118. The molecule has 2 heterocycles. The molecule has 0 saturated heterocycles. The van der Waals surface area contributed by atoms with Gasteiger partial charge in [-0.05, 0) is 31.2 Å². The second kappa shape index (κ2) is 7.54. The van der Waals surface area contributed by atoms with E-state index in [1.165, 1.54) is 34.4 Å². The van der Waals surface area contributed by atoms with E-state index < -0.39 is 17.6 Å². The molecule has 128 valence electrons. The summed E-state index contributed by atoms with van der Waals surface area (Å²) in [5.41, 5.74) is 0.702. The van der Waals surface area contributed by atoms with Gasteiger partial charge in [-0.25, -0.2) is 9.37 Å². The molecule has 0 fully saturated rings. The molecule has 3 rings (SSSR count). The lowest BCUT2D eigenvalue weighted by Crippen LogP contribution is -2.33. The first-order valence-corrected chi connectivity index (χ1v) is 9.07.